The Hall–Kier alpha value is -2.75. The Morgan fingerprint density at radius 2 is 2.04 bits per heavy atom. The lowest BCUT2D eigenvalue weighted by molar-refractivity contribution is -0.141. The van der Waals surface area contributed by atoms with Crippen molar-refractivity contribution in [2.75, 3.05) is 4.90 Å². The third-order valence-electron chi connectivity index (χ3n) is 3.37. The van der Waals surface area contributed by atoms with E-state index in [1.807, 2.05) is 0 Å². The molecule has 1 amide bonds. The second-order valence-corrected chi connectivity index (χ2v) is 6.04. The van der Waals surface area contributed by atoms with Crippen molar-refractivity contribution in [1.82, 2.24) is 14.8 Å². The number of alkyl halides is 3. The molecule has 0 aliphatic heterocycles. The van der Waals surface area contributed by atoms with Gasteiger partial charge in [0.15, 0.2) is 11.5 Å². The number of hydrogen-bond donors (Lipinski definition) is 0. The molecule has 0 bridgehead atoms. The predicted molar refractivity (Wildman–Crippen MR) is 83.9 cm³/mol. The predicted octanol–water partition coefficient (Wildman–Crippen LogP) is 4.00. The maximum absolute atomic E-state index is 13.8. The molecule has 0 unspecified atom stereocenters. The van der Waals surface area contributed by atoms with E-state index >= 15 is 0 Å². The third kappa shape index (κ3) is 3.25. The number of hydrogen-bond acceptors (Lipinski definition) is 4. The molecule has 10 heteroatoms. The number of anilines is 2. The summed E-state index contributed by atoms with van der Waals surface area (Å²) in [5.41, 5.74) is -0.767. The fourth-order valence-corrected chi connectivity index (χ4v) is 3.25. The highest BCUT2D eigenvalue weighted by Crippen LogP contribution is 2.38. The molecular weight excluding hydrogens is 360 g/mol. The van der Waals surface area contributed by atoms with Crippen LogP contribution in [0.3, 0.4) is 0 Å². The Morgan fingerprint density at radius 1 is 1.28 bits per heavy atom. The van der Waals surface area contributed by atoms with Gasteiger partial charge in [0.05, 0.1) is 22.5 Å². The van der Waals surface area contributed by atoms with Crippen molar-refractivity contribution in [3.8, 4) is 10.6 Å². The van der Waals surface area contributed by atoms with Crippen LogP contribution in [0, 0.1) is 5.82 Å². The van der Waals surface area contributed by atoms with Crippen molar-refractivity contribution >= 4 is 28.4 Å². The zero-order valence-corrected chi connectivity index (χ0v) is 13.5. The van der Waals surface area contributed by atoms with E-state index in [-0.39, 0.29) is 11.4 Å². The van der Waals surface area contributed by atoms with Gasteiger partial charge in [-0.3, -0.25) is 19.4 Å². The first-order chi connectivity index (χ1) is 11.8. The summed E-state index contributed by atoms with van der Waals surface area (Å²) in [6, 6.07) is 5.32. The van der Waals surface area contributed by atoms with Crippen molar-refractivity contribution in [1.29, 1.82) is 0 Å². The summed E-state index contributed by atoms with van der Waals surface area (Å²) in [5, 5.41) is 3.80. The van der Waals surface area contributed by atoms with Crippen LogP contribution >= 0.6 is 11.3 Å². The molecule has 0 saturated carbocycles. The molecule has 0 aliphatic rings. The fourth-order valence-electron chi connectivity index (χ4n) is 2.22. The molecule has 25 heavy (non-hydrogen) atoms. The number of amides is 1. The van der Waals surface area contributed by atoms with E-state index in [0.717, 1.165) is 33.2 Å². The lowest BCUT2D eigenvalue weighted by Crippen LogP contribution is -2.14. The smallest absolute Gasteiger partial charge is 0.278 e. The van der Waals surface area contributed by atoms with Crippen LogP contribution in [0.5, 0.6) is 0 Å². The lowest BCUT2D eigenvalue weighted by Gasteiger charge is -2.15. The van der Waals surface area contributed by atoms with Crippen LogP contribution in [0.15, 0.2) is 36.7 Å². The van der Waals surface area contributed by atoms with Crippen LogP contribution in [0.2, 0.25) is 0 Å². The summed E-state index contributed by atoms with van der Waals surface area (Å²) in [7, 11) is 1.39. The monoisotopic (exact) mass is 370 g/mol. The highest BCUT2D eigenvalue weighted by atomic mass is 32.1. The van der Waals surface area contributed by atoms with Crippen molar-refractivity contribution < 1.29 is 22.4 Å². The third-order valence-corrected chi connectivity index (χ3v) is 4.47. The molecule has 3 aromatic rings. The van der Waals surface area contributed by atoms with Crippen molar-refractivity contribution in [2.45, 2.75) is 6.18 Å². The van der Waals surface area contributed by atoms with E-state index in [1.165, 1.54) is 25.4 Å². The van der Waals surface area contributed by atoms with Crippen molar-refractivity contribution in [3.05, 3.63) is 48.2 Å². The van der Waals surface area contributed by atoms with Gasteiger partial charge in [0.25, 0.3) is 0 Å². The number of pyridine rings is 1. The molecule has 0 aromatic carbocycles. The summed E-state index contributed by atoms with van der Waals surface area (Å²) < 4.78 is 53.3. The molecule has 0 spiro atoms. The molecular formula is C15H10F4N4OS. The van der Waals surface area contributed by atoms with Crippen LogP contribution in [-0.4, -0.2) is 21.2 Å². The quantitative estimate of drug-likeness (QED) is 0.515. The number of rotatable bonds is 4. The minimum absolute atomic E-state index is 0.000568. The first-order valence-electron chi connectivity index (χ1n) is 6.86. The van der Waals surface area contributed by atoms with E-state index in [0.29, 0.717) is 16.3 Å². The van der Waals surface area contributed by atoms with Crippen molar-refractivity contribution in [3.63, 3.8) is 0 Å². The van der Waals surface area contributed by atoms with Gasteiger partial charge in [-0.15, -0.1) is 11.3 Å². The number of carbonyl (C=O) groups is 1. The second-order valence-electron chi connectivity index (χ2n) is 4.98. The minimum Gasteiger partial charge on any atom is -0.278 e. The first kappa shape index (κ1) is 17.1. The van der Waals surface area contributed by atoms with Gasteiger partial charge in [-0.25, -0.2) is 4.39 Å². The molecule has 0 N–H and O–H groups in total. The number of aromatic nitrogens is 3. The van der Waals surface area contributed by atoms with Gasteiger partial charge in [0, 0.05) is 13.2 Å². The summed E-state index contributed by atoms with van der Waals surface area (Å²) in [4.78, 5) is 16.5. The molecule has 0 saturated heterocycles. The maximum atomic E-state index is 13.8. The summed E-state index contributed by atoms with van der Waals surface area (Å²) >= 11 is 1.04. The van der Waals surface area contributed by atoms with Crippen molar-refractivity contribution in [2.24, 2.45) is 7.05 Å². The Kier molecular flexibility index (Phi) is 4.29. The molecule has 5 nitrogen and oxygen atoms in total. The largest absolute Gasteiger partial charge is 0.435 e. The van der Waals surface area contributed by atoms with Crippen LogP contribution in [0.1, 0.15) is 5.69 Å². The summed E-state index contributed by atoms with van der Waals surface area (Å²) in [6.45, 7) is 0. The van der Waals surface area contributed by atoms with Gasteiger partial charge in [0.1, 0.15) is 5.00 Å². The van der Waals surface area contributed by atoms with Gasteiger partial charge < -0.3 is 0 Å². The summed E-state index contributed by atoms with van der Waals surface area (Å²) in [6.07, 6.45) is -1.82. The summed E-state index contributed by atoms with van der Waals surface area (Å²) in [5.74, 6) is -0.690. The molecule has 0 fully saturated rings. The Bertz CT molecular complexity index is 918. The molecule has 130 valence electrons. The van der Waals surface area contributed by atoms with E-state index in [9.17, 15) is 22.4 Å². The second kappa shape index (κ2) is 6.28. The lowest BCUT2D eigenvalue weighted by atomic mass is 10.3. The topological polar surface area (TPSA) is 51.0 Å². The Morgan fingerprint density at radius 3 is 2.64 bits per heavy atom. The van der Waals surface area contributed by atoms with Crippen LogP contribution in [0.25, 0.3) is 10.6 Å². The minimum atomic E-state index is -4.55. The highest BCUT2D eigenvalue weighted by molar-refractivity contribution is 7.19. The molecule has 0 aliphatic carbocycles. The van der Waals surface area contributed by atoms with Gasteiger partial charge in [-0.2, -0.15) is 18.3 Å². The standard InChI is InChI=1S/C15H10F4N4OS/c1-22-11(6-13(21-22)15(17,18)19)12-2-3-14(25-12)23(8-24)10-4-5-20-7-9(10)16/h2-8H,1H3. The average molecular weight is 370 g/mol. The van der Waals surface area contributed by atoms with E-state index in [2.05, 4.69) is 10.1 Å². The molecule has 3 aromatic heterocycles. The number of halogens is 4. The molecule has 0 atom stereocenters. The molecule has 3 heterocycles. The number of nitrogens with zero attached hydrogens (tertiary/aromatic N) is 4. The SMILES string of the molecule is Cn1nc(C(F)(F)F)cc1-c1ccc(N(C=O)c2ccncc2F)s1. The number of thiophene rings is 1. The van der Waals surface area contributed by atoms with Crippen LogP contribution in [-0.2, 0) is 18.0 Å². The molecule has 3 rings (SSSR count). The van der Waals surface area contributed by atoms with Crippen LogP contribution in [0.4, 0.5) is 28.3 Å². The van der Waals surface area contributed by atoms with Gasteiger partial charge in [-0.1, -0.05) is 0 Å². The number of aryl methyl sites for hydroxylation is 1. The van der Waals surface area contributed by atoms with E-state index < -0.39 is 17.7 Å². The van der Waals surface area contributed by atoms with Gasteiger partial charge in [-0.05, 0) is 24.3 Å². The fraction of sp³-hybridized carbons (Fsp3) is 0.133. The first-order valence-corrected chi connectivity index (χ1v) is 7.68. The Labute approximate surface area is 143 Å². The number of carbonyl (C=O) groups excluding carboxylic acids is 1. The normalized spacial score (nSPS) is 11.6. The van der Waals surface area contributed by atoms with Gasteiger partial charge in [0.2, 0.25) is 6.41 Å². The average Bonchev–Trinajstić information content (AvgIpc) is 3.16. The highest BCUT2D eigenvalue weighted by Gasteiger charge is 2.34. The van der Waals surface area contributed by atoms with E-state index in [4.69, 9.17) is 0 Å². The zero-order valence-electron chi connectivity index (χ0n) is 12.7. The Balaban J connectivity index is 1.99. The zero-order chi connectivity index (χ0) is 18.2. The maximum Gasteiger partial charge on any atom is 0.435 e. The van der Waals surface area contributed by atoms with Gasteiger partial charge >= 0.3 is 6.18 Å². The van der Waals surface area contributed by atoms with E-state index in [1.54, 1.807) is 6.07 Å². The van der Waals surface area contributed by atoms with Crippen LogP contribution < -0.4 is 4.90 Å². The molecule has 0 radical (unpaired) electrons.